The van der Waals surface area contributed by atoms with Gasteiger partial charge in [-0.3, -0.25) is 0 Å². The number of hydrogen-bond acceptors (Lipinski definition) is 2. The molecule has 1 rings (SSSR count). The van der Waals surface area contributed by atoms with Gasteiger partial charge in [-0.2, -0.15) is 0 Å². The van der Waals surface area contributed by atoms with Gasteiger partial charge < -0.3 is 10.2 Å². The van der Waals surface area contributed by atoms with Crippen molar-refractivity contribution in [1.82, 2.24) is 0 Å². The molecule has 2 nitrogen and oxygen atoms in total. The van der Waals surface area contributed by atoms with Crippen LogP contribution in [-0.4, -0.2) is 29.1 Å². The Kier molecular flexibility index (Phi) is 3.22. The van der Waals surface area contributed by atoms with E-state index >= 15 is 0 Å². The van der Waals surface area contributed by atoms with Gasteiger partial charge in [0.25, 0.3) is 0 Å². The maximum Gasteiger partial charge on any atom is 0.119 e. The van der Waals surface area contributed by atoms with Gasteiger partial charge in [0.1, 0.15) is 11.5 Å². The van der Waals surface area contributed by atoms with Crippen LogP contribution in [0.2, 0.25) is 0 Å². The molecule has 9 heavy (non-hydrogen) atoms. The zero-order valence-corrected chi connectivity index (χ0v) is 5.20. The Morgan fingerprint density at radius 1 is 1.00 bits per heavy atom. The van der Waals surface area contributed by atoms with E-state index in [1.165, 1.54) is 18.2 Å². The molecule has 1 aromatic carbocycles. The summed E-state index contributed by atoms with van der Waals surface area (Å²) in [5.41, 5.74) is 0. The Balaban J connectivity index is 0.000000640. The third-order valence-electron chi connectivity index (χ3n) is 0.830. The quantitative estimate of drug-likeness (QED) is 0.491. The van der Waals surface area contributed by atoms with Crippen LogP contribution < -0.4 is 0 Å². The molecule has 43 valence electrons. The maximum atomic E-state index is 8.65. The molecule has 1 radical (unpaired) electrons. The minimum absolute atomic E-state index is 0. The third-order valence-corrected chi connectivity index (χ3v) is 0.830. The molecule has 0 unspecified atom stereocenters. The van der Waals surface area contributed by atoms with Crippen molar-refractivity contribution < 1.29 is 10.2 Å². The van der Waals surface area contributed by atoms with E-state index in [1.807, 2.05) is 0 Å². The van der Waals surface area contributed by atoms with Gasteiger partial charge in [0.05, 0.1) is 0 Å². The standard InChI is InChI=1S/C6H6O2.Li/c7-5-2-1-3-6(8)4-5;/h1-4,7-8H;. The van der Waals surface area contributed by atoms with Crippen molar-refractivity contribution in [2.45, 2.75) is 0 Å². The summed E-state index contributed by atoms with van der Waals surface area (Å²) in [6, 6.07) is 5.85. The van der Waals surface area contributed by atoms with Crippen molar-refractivity contribution in [2.24, 2.45) is 0 Å². The van der Waals surface area contributed by atoms with Crippen molar-refractivity contribution in [3.8, 4) is 11.5 Å². The van der Waals surface area contributed by atoms with Crippen LogP contribution in [0.25, 0.3) is 0 Å². The van der Waals surface area contributed by atoms with Crippen LogP contribution >= 0.6 is 0 Å². The predicted molar refractivity (Wildman–Crippen MR) is 35.5 cm³/mol. The summed E-state index contributed by atoms with van der Waals surface area (Å²) in [4.78, 5) is 0. The van der Waals surface area contributed by atoms with Gasteiger partial charge >= 0.3 is 0 Å². The molecule has 2 N–H and O–H groups in total. The second-order valence-electron chi connectivity index (χ2n) is 1.52. The Hall–Kier alpha value is -0.583. The van der Waals surface area contributed by atoms with Gasteiger partial charge in [-0.05, 0) is 12.1 Å². The van der Waals surface area contributed by atoms with Crippen LogP contribution in [0.3, 0.4) is 0 Å². The second kappa shape index (κ2) is 3.44. The van der Waals surface area contributed by atoms with Gasteiger partial charge in [0.15, 0.2) is 0 Å². The summed E-state index contributed by atoms with van der Waals surface area (Å²) in [6.45, 7) is 0. The molecule has 0 aromatic heterocycles. The van der Waals surface area contributed by atoms with E-state index in [0.717, 1.165) is 0 Å². The monoisotopic (exact) mass is 117 g/mol. The van der Waals surface area contributed by atoms with Crippen LogP contribution in [0.5, 0.6) is 11.5 Å². The van der Waals surface area contributed by atoms with E-state index in [0.29, 0.717) is 0 Å². The van der Waals surface area contributed by atoms with Crippen LogP contribution in [-0.2, 0) is 0 Å². The molecular formula is C6H6LiO2. The molecule has 0 fully saturated rings. The largest absolute Gasteiger partial charge is 0.508 e. The van der Waals surface area contributed by atoms with Crippen LogP contribution in [0.1, 0.15) is 0 Å². The second-order valence-corrected chi connectivity index (χ2v) is 1.52. The number of rotatable bonds is 0. The van der Waals surface area contributed by atoms with Gasteiger partial charge in [0.2, 0.25) is 0 Å². The van der Waals surface area contributed by atoms with Crippen molar-refractivity contribution >= 4 is 18.9 Å². The van der Waals surface area contributed by atoms with Crippen LogP contribution in [0.4, 0.5) is 0 Å². The first-order valence-electron chi connectivity index (χ1n) is 2.27. The van der Waals surface area contributed by atoms with Crippen LogP contribution in [0.15, 0.2) is 24.3 Å². The number of phenolic OH excluding ortho intramolecular Hbond substituents is 2. The van der Waals surface area contributed by atoms with E-state index in [4.69, 9.17) is 10.2 Å². The molecule has 0 bridgehead atoms. The fourth-order valence-electron chi connectivity index (χ4n) is 0.493. The van der Waals surface area contributed by atoms with Gasteiger partial charge in [-0.1, -0.05) is 6.07 Å². The molecular weight excluding hydrogens is 111 g/mol. The maximum absolute atomic E-state index is 8.65. The molecule has 0 aliphatic heterocycles. The first-order chi connectivity index (χ1) is 3.79. The summed E-state index contributed by atoms with van der Waals surface area (Å²) in [6.07, 6.45) is 0. The first kappa shape index (κ1) is 8.42. The molecule has 0 aliphatic carbocycles. The van der Waals surface area contributed by atoms with E-state index in [2.05, 4.69) is 0 Å². The number of phenols is 2. The summed E-state index contributed by atoms with van der Waals surface area (Å²) >= 11 is 0. The minimum Gasteiger partial charge on any atom is -0.508 e. The van der Waals surface area contributed by atoms with E-state index in [-0.39, 0.29) is 30.4 Å². The Labute approximate surface area is 65.3 Å². The SMILES string of the molecule is Oc1cccc(O)c1.[Li]. The molecule has 0 atom stereocenters. The topological polar surface area (TPSA) is 40.5 Å². The molecule has 0 aliphatic rings. The van der Waals surface area contributed by atoms with E-state index in [9.17, 15) is 0 Å². The summed E-state index contributed by atoms with van der Waals surface area (Å²) < 4.78 is 0. The predicted octanol–water partition coefficient (Wildman–Crippen LogP) is 0.717. The van der Waals surface area contributed by atoms with Crippen molar-refractivity contribution in [1.29, 1.82) is 0 Å². The van der Waals surface area contributed by atoms with Gasteiger partial charge in [-0.15, -0.1) is 0 Å². The fourth-order valence-corrected chi connectivity index (χ4v) is 0.493. The number of benzene rings is 1. The average Bonchev–Trinajstić information content (AvgIpc) is 1.64. The van der Waals surface area contributed by atoms with E-state index < -0.39 is 0 Å². The first-order valence-corrected chi connectivity index (χ1v) is 2.27. The fraction of sp³-hybridized carbons (Fsp3) is 0. The molecule has 3 heteroatoms. The van der Waals surface area contributed by atoms with Gasteiger partial charge in [-0.25, -0.2) is 0 Å². The zero-order valence-electron chi connectivity index (χ0n) is 5.20. The Bertz CT molecular complexity index is 171. The van der Waals surface area contributed by atoms with Crippen molar-refractivity contribution in [3.05, 3.63) is 24.3 Å². The molecule has 0 amide bonds. The summed E-state index contributed by atoms with van der Waals surface area (Å²) in [5, 5.41) is 17.3. The third kappa shape index (κ3) is 2.45. The summed E-state index contributed by atoms with van der Waals surface area (Å²) in [7, 11) is 0. The number of hydrogen-bond donors (Lipinski definition) is 2. The number of aromatic hydroxyl groups is 2. The molecule has 0 heterocycles. The van der Waals surface area contributed by atoms with E-state index in [1.54, 1.807) is 6.07 Å². The smallest absolute Gasteiger partial charge is 0.119 e. The Morgan fingerprint density at radius 3 is 1.67 bits per heavy atom. The average molecular weight is 117 g/mol. The summed E-state index contributed by atoms with van der Waals surface area (Å²) in [5.74, 6) is 0.176. The zero-order chi connectivity index (χ0) is 5.98. The molecule has 0 saturated heterocycles. The van der Waals surface area contributed by atoms with Crippen LogP contribution in [0, 0.1) is 0 Å². The molecule has 0 spiro atoms. The van der Waals surface area contributed by atoms with Crippen molar-refractivity contribution in [3.63, 3.8) is 0 Å². The van der Waals surface area contributed by atoms with Crippen molar-refractivity contribution in [2.75, 3.05) is 0 Å². The van der Waals surface area contributed by atoms with Gasteiger partial charge in [0, 0.05) is 24.9 Å². The molecule has 0 saturated carbocycles. The normalized spacial score (nSPS) is 8.00. The molecule has 1 aromatic rings. The Morgan fingerprint density at radius 2 is 1.44 bits per heavy atom. The minimum atomic E-state index is 0.